The number of allylic oxidation sites excluding steroid dienone is 2. The minimum Gasteiger partial charge on any atom is -0.394 e. The van der Waals surface area contributed by atoms with Gasteiger partial charge in [-0.3, -0.25) is 4.79 Å². The first-order valence-electron chi connectivity index (χ1n) is 20.4. The molecule has 4 heteroatoms. The predicted octanol–water partition coefficient (Wildman–Crippen LogP) is 12.3. The Morgan fingerprint density at radius 1 is 0.511 bits per heavy atom. The number of unbranched alkanes of at least 4 members (excludes halogenated alkanes) is 28. The molecule has 268 valence electrons. The van der Waals surface area contributed by atoms with E-state index in [9.17, 15) is 15.0 Å². The number of nitrogens with one attached hydrogen (secondary N) is 1. The van der Waals surface area contributed by atoms with Crippen molar-refractivity contribution in [1.29, 1.82) is 0 Å². The molecule has 0 aromatic rings. The standard InChI is InChI=1S/C41H81NO3/c1-3-5-7-9-11-13-15-16-17-18-19-20-21-22-23-24-25-26-27-29-31-33-35-37-41(45)42-39(38-43)40(44)36-34-32-30-28-14-12-10-8-6-4-2/h22-23,39-40,43-44H,3-21,24-38H2,1-2H3,(H,42,45)/b23-22-. The smallest absolute Gasteiger partial charge is 0.220 e. The second-order valence-corrected chi connectivity index (χ2v) is 14.1. The van der Waals surface area contributed by atoms with E-state index in [1.54, 1.807) is 0 Å². The molecule has 1 amide bonds. The van der Waals surface area contributed by atoms with Crippen LogP contribution < -0.4 is 5.32 Å². The van der Waals surface area contributed by atoms with Crippen molar-refractivity contribution in [1.82, 2.24) is 5.32 Å². The van der Waals surface area contributed by atoms with Crippen LogP contribution in [-0.2, 0) is 4.79 Å². The summed E-state index contributed by atoms with van der Waals surface area (Å²) in [6.07, 6.45) is 45.7. The minimum atomic E-state index is -0.655. The van der Waals surface area contributed by atoms with Crippen molar-refractivity contribution in [3.63, 3.8) is 0 Å². The molecule has 2 atom stereocenters. The van der Waals surface area contributed by atoms with Gasteiger partial charge >= 0.3 is 0 Å². The highest BCUT2D eigenvalue weighted by Crippen LogP contribution is 2.15. The number of aliphatic hydroxyl groups is 2. The molecule has 0 aliphatic carbocycles. The minimum absolute atomic E-state index is 0.0357. The fourth-order valence-corrected chi connectivity index (χ4v) is 6.36. The maximum Gasteiger partial charge on any atom is 0.220 e. The molecule has 0 saturated carbocycles. The van der Waals surface area contributed by atoms with Crippen molar-refractivity contribution < 1.29 is 15.0 Å². The van der Waals surface area contributed by atoms with E-state index in [1.807, 2.05) is 0 Å². The van der Waals surface area contributed by atoms with Crippen molar-refractivity contribution in [2.24, 2.45) is 0 Å². The molecule has 0 radical (unpaired) electrons. The Morgan fingerprint density at radius 3 is 1.22 bits per heavy atom. The molecule has 0 aliphatic rings. The average Bonchev–Trinajstić information content (AvgIpc) is 3.04. The first-order valence-corrected chi connectivity index (χ1v) is 20.4. The van der Waals surface area contributed by atoms with Crippen LogP contribution in [-0.4, -0.2) is 34.9 Å². The van der Waals surface area contributed by atoms with E-state index >= 15 is 0 Å². The van der Waals surface area contributed by atoms with E-state index in [-0.39, 0.29) is 12.5 Å². The third-order valence-electron chi connectivity index (χ3n) is 9.53. The quantitative estimate of drug-likeness (QED) is 0.0470. The fourth-order valence-electron chi connectivity index (χ4n) is 6.36. The zero-order valence-corrected chi connectivity index (χ0v) is 30.7. The first-order chi connectivity index (χ1) is 22.2. The van der Waals surface area contributed by atoms with Crippen LogP contribution in [0.2, 0.25) is 0 Å². The van der Waals surface area contributed by atoms with E-state index in [0.29, 0.717) is 12.8 Å². The number of aliphatic hydroxyl groups excluding tert-OH is 2. The summed E-state index contributed by atoms with van der Waals surface area (Å²) in [7, 11) is 0. The molecule has 0 heterocycles. The van der Waals surface area contributed by atoms with E-state index < -0.39 is 12.1 Å². The molecular weight excluding hydrogens is 554 g/mol. The Morgan fingerprint density at radius 2 is 0.844 bits per heavy atom. The summed E-state index contributed by atoms with van der Waals surface area (Å²) < 4.78 is 0. The second kappa shape index (κ2) is 37.6. The second-order valence-electron chi connectivity index (χ2n) is 14.1. The summed E-state index contributed by atoms with van der Waals surface area (Å²) in [4.78, 5) is 12.3. The maximum atomic E-state index is 12.3. The number of amides is 1. The molecule has 0 rings (SSSR count). The van der Waals surface area contributed by atoms with Gasteiger partial charge in [-0.05, 0) is 38.5 Å². The summed E-state index contributed by atoms with van der Waals surface area (Å²) in [6.45, 7) is 4.35. The van der Waals surface area contributed by atoms with Crippen LogP contribution in [0.4, 0.5) is 0 Å². The normalized spacial score (nSPS) is 13.1. The summed E-state index contributed by atoms with van der Waals surface area (Å²) >= 11 is 0. The molecule has 0 spiro atoms. The van der Waals surface area contributed by atoms with Gasteiger partial charge in [-0.1, -0.05) is 193 Å². The molecule has 0 aromatic heterocycles. The van der Waals surface area contributed by atoms with Crippen molar-refractivity contribution >= 4 is 5.91 Å². The molecule has 4 nitrogen and oxygen atoms in total. The molecule has 3 N–H and O–H groups in total. The van der Waals surface area contributed by atoms with E-state index in [0.717, 1.165) is 25.7 Å². The zero-order chi connectivity index (χ0) is 32.9. The third kappa shape index (κ3) is 34.3. The lowest BCUT2D eigenvalue weighted by Crippen LogP contribution is -2.45. The van der Waals surface area contributed by atoms with Crippen LogP contribution in [0, 0.1) is 0 Å². The van der Waals surface area contributed by atoms with Gasteiger partial charge in [0.2, 0.25) is 5.91 Å². The zero-order valence-electron chi connectivity index (χ0n) is 30.7. The summed E-state index contributed by atoms with van der Waals surface area (Å²) in [5.41, 5.74) is 0. The molecule has 45 heavy (non-hydrogen) atoms. The highest BCUT2D eigenvalue weighted by Gasteiger charge is 2.19. The highest BCUT2D eigenvalue weighted by molar-refractivity contribution is 5.76. The van der Waals surface area contributed by atoms with Gasteiger partial charge in [0.1, 0.15) is 0 Å². The van der Waals surface area contributed by atoms with Gasteiger partial charge in [-0.2, -0.15) is 0 Å². The van der Waals surface area contributed by atoms with Crippen LogP contribution >= 0.6 is 0 Å². The Hall–Kier alpha value is -0.870. The van der Waals surface area contributed by atoms with Gasteiger partial charge < -0.3 is 15.5 Å². The number of carbonyl (C=O) groups is 1. The van der Waals surface area contributed by atoms with Crippen molar-refractivity contribution in [3.05, 3.63) is 12.2 Å². The lowest BCUT2D eigenvalue weighted by molar-refractivity contribution is -0.123. The van der Waals surface area contributed by atoms with Crippen molar-refractivity contribution in [2.45, 2.75) is 238 Å². The van der Waals surface area contributed by atoms with Gasteiger partial charge in [-0.25, -0.2) is 0 Å². The van der Waals surface area contributed by atoms with Gasteiger partial charge in [0, 0.05) is 6.42 Å². The average molecular weight is 636 g/mol. The summed E-state index contributed by atoms with van der Waals surface area (Å²) in [6, 6.07) is -0.533. The molecule has 0 fully saturated rings. The third-order valence-corrected chi connectivity index (χ3v) is 9.53. The summed E-state index contributed by atoms with van der Waals surface area (Å²) in [5.74, 6) is -0.0357. The number of rotatable bonds is 37. The van der Waals surface area contributed by atoms with Crippen LogP contribution in [0.15, 0.2) is 12.2 Å². The lowest BCUT2D eigenvalue weighted by Gasteiger charge is -2.22. The van der Waals surface area contributed by atoms with E-state index in [1.165, 1.54) is 173 Å². The molecule has 2 unspecified atom stereocenters. The highest BCUT2D eigenvalue weighted by atomic mass is 16.3. The Kier molecular flexibility index (Phi) is 36.9. The monoisotopic (exact) mass is 636 g/mol. The Balaban J connectivity index is 3.48. The van der Waals surface area contributed by atoms with Crippen molar-refractivity contribution in [3.8, 4) is 0 Å². The lowest BCUT2D eigenvalue weighted by atomic mass is 10.0. The van der Waals surface area contributed by atoms with Crippen LogP contribution in [0.25, 0.3) is 0 Å². The van der Waals surface area contributed by atoms with E-state index in [4.69, 9.17) is 0 Å². The number of carbonyl (C=O) groups excluding carboxylic acids is 1. The molecule has 0 saturated heterocycles. The molecule has 0 aliphatic heterocycles. The van der Waals surface area contributed by atoms with Gasteiger partial charge in [0.15, 0.2) is 0 Å². The Bertz CT molecular complexity index is 608. The number of hydrogen-bond donors (Lipinski definition) is 3. The van der Waals surface area contributed by atoms with Crippen molar-refractivity contribution in [2.75, 3.05) is 6.61 Å². The SMILES string of the molecule is CCCCCCCCCCCCCC/C=C\CCCCCCCCCC(=O)NC(CO)C(O)CCCCCCCCCCCC. The maximum absolute atomic E-state index is 12.3. The predicted molar refractivity (Wildman–Crippen MR) is 198 cm³/mol. The van der Waals surface area contributed by atoms with E-state index in [2.05, 4.69) is 31.3 Å². The topological polar surface area (TPSA) is 69.6 Å². The Labute approximate surface area is 282 Å². The van der Waals surface area contributed by atoms with Gasteiger partial charge in [-0.15, -0.1) is 0 Å². The van der Waals surface area contributed by atoms with Gasteiger partial charge in [0.25, 0.3) is 0 Å². The van der Waals surface area contributed by atoms with Gasteiger partial charge in [0.05, 0.1) is 18.8 Å². The number of hydrogen-bond acceptors (Lipinski definition) is 3. The summed E-state index contributed by atoms with van der Waals surface area (Å²) in [5, 5.41) is 23.0. The fraction of sp³-hybridized carbons (Fsp3) is 0.927. The van der Waals surface area contributed by atoms with Crippen LogP contribution in [0.3, 0.4) is 0 Å². The first kappa shape index (κ1) is 44.1. The van der Waals surface area contributed by atoms with Crippen LogP contribution in [0.5, 0.6) is 0 Å². The molecule has 0 bridgehead atoms. The molecular formula is C41H81NO3. The largest absolute Gasteiger partial charge is 0.394 e. The molecule has 0 aromatic carbocycles. The van der Waals surface area contributed by atoms with Crippen LogP contribution in [0.1, 0.15) is 226 Å².